The summed E-state index contributed by atoms with van der Waals surface area (Å²) in [6.07, 6.45) is 7.06. The number of piperidine rings is 1. The van der Waals surface area contributed by atoms with Crippen LogP contribution in [-0.2, 0) is 9.84 Å². The van der Waals surface area contributed by atoms with E-state index < -0.39 is 9.84 Å². The number of benzene rings is 1. The Balaban J connectivity index is 1.05. The highest BCUT2D eigenvalue weighted by Gasteiger charge is 2.43. The summed E-state index contributed by atoms with van der Waals surface area (Å²) in [6, 6.07) is 13.6. The summed E-state index contributed by atoms with van der Waals surface area (Å²) in [4.78, 5) is 6.51. The maximum Gasteiger partial charge on any atom is 0.318 e. The van der Waals surface area contributed by atoms with Gasteiger partial charge in [-0.05, 0) is 61.6 Å². The van der Waals surface area contributed by atoms with Gasteiger partial charge in [-0.1, -0.05) is 23.3 Å². The van der Waals surface area contributed by atoms with Crippen molar-refractivity contribution in [1.82, 2.24) is 15.2 Å². The van der Waals surface area contributed by atoms with Gasteiger partial charge >= 0.3 is 6.01 Å². The minimum Gasteiger partial charge on any atom is -0.478 e. The first-order chi connectivity index (χ1) is 16.0. The number of sulfone groups is 1. The minimum absolute atomic E-state index is 0.209. The highest BCUT2D eigenvalue weighted by molar-refractivity contribution is 7.90. The number of hydrogen-bond acceptors (Lipinski definition) is 8. The van der Waals surface area contributed by atoms with Gasteiger partial charge in [-0.15, -0.1) is 5.10 Å². The average molecular weight is 469 g/mol. The van der Waals surface area contributed by atoms with Crippen LogP contribution in [0.1, 0.15) is 25.7 Å². The average Bonchev–Trinajstić information content (AvgIpc) is 3.43. The molecule has 0 amide bonds. The SMILES string of the molecule is CS(=O)(=O)c1ccc(OCCC2CC2C2CCN(c3nnc(-c4ccccc4)o3)CC2)nc1. The fourth-order valence-electron chi connectivity index (χ4n) is 4.73. The molecule has 1 aliphatic heterocycles. The molecule has 1 aliphatic carbocycles. The van der Waals surface area contributed by atoms with Crippen LogP contribution in [0.3, 0.4) is 0 Å². The Morgan fingerprint density at radius 2 is 1.88 bits per heavy atom. The summed E-state index contributed by atoms with van der Waals surface area (Å²) >= 11 is 0. The molecular weight excluding hydrogens is 440 g/mol. The van der Waals surface area contributed by atoms with Gasteiger partial charge in [0.05, 0.1) is 11.5 Å². The number of aromatic nitrogens is 3. The van der Waals surface area contributed by atoms with E-state index in [2.05, 4.69) is 20.1 Å². The Morgan fingerprint density at radius 3 is 2.58 bits per heavy atom. The van der Waals surface area contributed by atoms with Crippen LogP contribution in [0.5, 0.6) is 5.88 Å². The fourth-order valence-corrected chi connectivity index (χ4v) is 5.29. The monoisotopic (exact) mass is 468 g/mol. The Labute approximate surface area is 193 Å². The lowest BCUT2D eigenvalue weighted by Crippen LogP contribution is -2.34. The van der Waals surface area contributed by atoms with Gasteiger partial charge < -0.3 is 14.1 Å². The molecule has 174 valence electrons. The third kappa shape index (κ3) is 5.19. The number of pyridine rings is 1. The van der Waals surface area contributed by atoms with Crippen molar-refractivity contribution in [3.8, 4) is 17.3 Å². The van der Waals surface area contributed by atoms with Crippen molar-refractivity contribution in [3.05, 3.63) is 48.7 Å². The van der Waals surface area contributed by atoms with Gasteiger partial charge in [0.2, 0.25) is 11.8 Å². The van der Waals surface area contributed by atoms with Crippen LogP contribution in [0.15, 0.2) is 58.0 Å². The molecule has 3 heterocycles. The molecule has 1 aromatic carbocycles. The van der Waals surface area contributed by atoms with E-state index in [-0.39, 0.29) is 4.90 Å². The zero-order chi connectivity index (χ0) is 22.8. The third-order valence-electron chi connectivity index (χ3n) is 6.70. The maximum absolute atomic E-state index is 11.5. The molecule has 0 radical (unpaired) electrons. The third-order valence-corrected chi connectivity index (χ3v) is 7.80. The van der Waals surface area contributed by atoms with Crippen LogP contribution in [0, 0.1) is 17.8 Å². The zero-order valence-corrected chi connectivity index (χ0v) is 19.4. The molecular formula is C24H28N4O4S. The van der Waals surface area contributed by atoms with Crippen molar-refractivity contribution in [2.75, 3.05) is 30.9 Å². The van der Waals surface area contributed by atoms with Gasteiger partial charge in [-0.3, -0.25) is 0 Å². The quantitative estimate of drug-likeness (QED) is 0.492. The predicted molar refractivity (Wildman–Crippen MR) is 124 cm³/mol. The topological polar surface area (TPSA) is 98.4 Å². The van der Waals surface area contributed by atoms with Crippen molar-refractivity contribution in [1.29, 1.82) is 0 Å². The van der Waals surface area contributed by atoms with Crippen molar-refractivity contribution in [3.63, 3.8) is 0 Å². The molecule has 2 aromatic heterocycles. The van der Waals surface area contributed by atoms with Crippen molar-refractivity contribution in [2.45, 2.75) is 30.6 Å². The summed E-state index contributed by atoms with van der Waals surface area (Å²) in [5.41, 5.74) is 0.940. The smallest absolute Gasteiger partial charge is 0.318 e. The van der Waals surface area contributed by atoms with Gasteiger partial charge in [0, 0.05) is 37.2 Å². The molecule has 2 fully saturated rings. The van der Waals surface area contributed by atoms with Gasteiger partial charge in [0.15, 0.2) is 9.84 Å². The van der Waals surface area contributed by atoms with Crippen LogP contribution < -0.4 is 9.64 Å². The van der Waals surface area contributed by atoms with Crippen molar-refractivity contribution in [2.24, 2.45) is 17.8 Å². The molecule has 0 spiro atoms. The first-order valence-electron chi connectivity index (χ1n) is 11.4. The largest absolute Gasteiger partial charge is 0.478 e. The van der Waals surface area contributed by atoms with Crippen molar-refractivity contribution < 1.29 is 17.6 Å². The van der Waals surface area contributed by atoms with Crippen LogP contribution in [0.2, 0.25) is 0 Å². The molecule has 2 unspecified atom stereocenters. The molecule has 2 atom stereocenters. The molecule has 0 N–H and O–H groups in total. The first kappa shape index (κ1) is 21.9. The Kier molecular flexibility index (Phi) is 6.05. The number of rotatable bonds is 8. The molecule has 5 rings (SSSR count). The summed E-state index contributed by atoms with van der Waals surface area (Å²) in [7, 11) is -3.23. The highest BCUT2D eigenvalue weighted by atomic mass is 32.2. The van der Waals surface area contributed by atoms with Crippen molar-refractivity contribution >= 4 is 15.9 Å². The predicted octanol–water partition coefficient (Wildman–Crippen LogP) is 3.86. The van der Waals surface area contributed by atoms with Gasteiger partial charge in [0.25, 0.3) is 0 Å². The van der Waals surface area contributed by atoms with Gasteiger partial charge in [-0.25, -0.2) is 13.4 Å². The highest BCUT2D eigenvalue weighted by Crippen LogP contribution is 2.50. The summed E-state index contributed by atoms with van der Waals surface area (Å²) in [5, 5.41) is 8.47. The molecule has 3 aromatic rings. The lowest BCUT2D eigenvalue weighted by Gasteiger charge is -2.30. The van der Waals surface area contributed by atoms with E-state index in [1.165, 1.54) is 24.9 Å². The molecule has 1 saturated carbocycles. The molecule has 9 heteroatoms. The molecule has 33 heavy (non-hydrogen) atoms. The second-order valence-electron chi connectivity index (χ2n) is 8.98. The molecule has 2 aliphatic rings. The summed E-state index contributed by atoms with van der Waals surface area (Å²) in [6.45, 7) is 2.49. The number of nitrogens with zero attached hydrogens (tertiary/aromatic N) is 4. The summed E-state index contributed by atoms with van der Waals surface area (Å²) < 4.78 is 34.7. The van der Waals surface area contributed by atoms with Crippen LogP contribution in [0.4, 0.5) is 6.01 Å². The van der Waals surface area contributed by atoms with E-state index >= 15 is 0 Å². The van der Waals surface area contributed by atoms with Crippen LogP contribution in [0.25, 0.3) is 11.5 Å². The fraction of sp³-hybridized carbons (Fsp3) is 0.458. The standard InChI is InChI=1S/C24H28N4O4S/c1-33(29,30)20-7-8-22(25-16-20)31-14-11-19-15-21(19)17-9-12-28(13-10-17)24-27-26-23(32-24)18-5-3-2-4-6-18/h2-8,16-17,19,21H,9-15H2,1H3. The number of ether oxygens (including phenoxy) is 1. The Hall–Kier alpha value is -2.94. The maximum atomic E-state index is 11.5. The second kappa shape index (κ2) is 9.13. The Bertz CT molecular complexity index is 1170. The number of anilines is 1. The van der Waals surface area contributed by atoms with Gasteiger partial charge in [-0.2, -0.15) is 0 Å². The van der Waals surface area contributed by atoms with E-state index in [1.54, 1.807) is 6.07 Å². The lowest BCUT2D eigenvalue weighted by atomic mass is 9.91. The summed E-state index contributed by atoms with van der Waals surface area (Å²) in [5.74, 6) is 3.23. The zero-order valence-electron chi connectivity index (χ0n) is 18.6. The van der Waals surface area contributed by atoms with Gasteiger partial charge in [0.1, 0.15) is 0 Å². The Morgan fingerprint density at radius 1 is 1.09 bits per heavy atom. The van der Waals surface area contributed by atoms with E-state index in [9.17, 15) is 8.42 Å². The van der Waals surface area contributed by atoms with E-state index in [1.807, 2.05) is 30.3 Å². The normalized spacial score (nSPS) is 21.2. The van der Waals surface area contributed by atoms with Crippen LogP contribution >= 0.6 is 0 Å². The minimum atomic E-state index is -3.23. The molecule has 0 bridgehead atoms. The second-order valence-corrected chi connectivity index (χ2v) is 11.0. The molecule has 8 nitrogen and oxygen atoms in total. The van der Waals surface area contributed by atoms with E-state index in [4.69, 9.17) is 9.15 Å². The lowest BCUT2D eigenvalue weighted by molar-refractivity contribution is 0.275. The van der Waals surface area contributed by atoms with E-state index in [0.29, 0.717) is 30.3 Å². The molecule has 1 saturated heterocycles. The number of hydrogen-bond donors (Lipinski definition) is 0. The first-order valence-corrected chi connectivity index (χ1v) is 13.3. The van der Waals surface area contributed by atoms with E-state index in [0.717, 1.165) is 49.8 Å². The van der Waals surface area contributed by atoms with Crippen LogP contribution in [-0.4, -0.2) is 49.6 Å².